The highest BCUT2D eigenvalue weighted by Gasteiger charge is 2.22. The minimum Gasteiger partial charge on any atom is -0.396 e. The smallest absolute Gasteiger partial charge is 0.0924 e. The van der Waals surface area contributed by atoms with Crippen LogP contribution in [-0.4, -0.2) is 28.0 Å². The molecule has 0 radical (unpaired) electrons. The van der Waals surface area contributed by atoms with Gasteiger partial charge < -0.3 is 10.4 Å². The maximum atomic E-state index is 9.58. The first-order chi connectivity index (χ1) is 10.9. The van der Waals surface area contributed by atoms with E-state index in [4.69, 9.17) is 0 Å². The highest BCUT2D eigenvalue weighted by Crippen LogP contribution is 2.23. The van der Waals surface area contributed by atoms with Gasteiger partial charge in [-0.25, -0.2) is 0 Å². The van der Waals surface area contributed by atoms with Crippen molar-refractivity contribution in [3.63, 3.8) is 0 Å². The van der Waals surface area contributed by atoms with Crippen LogP contribution in [0.15, 0.2) is 36.4 Å². The predicted octanol–water partition coefficient (Wildman–Crippen LogP) is 3.11. The van der Waals surface area contributed by atoms with Crippen molar-refractivity contribution in [2.75, 3.05) is 6.61 Å². The zero-order valence-corrected chi connectivity index (χ0v) is 13.0. The van der Waals surface area contributed by atoms with Gasteiger partial charge in [-0.3, -0.25) is 5.10 Å². The third kappa shape index (κ3) is 3.76. The van der Waals surface area contributed by atoms with E-state index >= 15 is 0 Å². The van der Waals surface area contributed by atoms with E-state index in [1.807, 2.05) is 18.2 Å². The SMILES string of the molecule is OCC1CCCCCC1NCc1cc(-c2ccccc2)n[nH]1. The van der Waals surface area contributed by atoms with E-state index in [0.29, 0.717) is 12.0 Å². The molecule has 0 amide bonds. The fourth-order valence-corrected chi connectivity index (χ4v) is 3.32. The van der Waals surface area contributed by atoms with Crippen LogP contribution in [0.5, 0.6) is 0 Å². The fraction of sp³-hybridized carbons (Fsp3) is 0.500. The molecule has 1 heterocycles. The second-order valence-corrected chi connectivity index (χ2v) is 6.21. The second kappa shape index (κ2) is 7.56. The average Bonchev–Trinajstić information content (AvgIpc) is 2.92. The van der Waals surface area contributed by atoms with E-state index in [-0.39, 0.29) is 6.61 Å². The van der Waals surface area contributed by atoms with E-state index < -0.39 is 0 Å². The lowest BCUT2D eigenvalue weighted by atomic mass is 9.95. The summed E-state index contributed by atoms with van der Waals surface area (Å²) >= 11 is 0. The number of aromatic amines is 1. The summed E-state index contributed by atoms with van der Waals surface area (Å²) in [7, 11) is 0. The molecule has 0 bridgehead atoms. The number of nitrogens with zero attached hydrogens (tertiary/aromatic N) is 1. The van der Waals surface area contributed by atoms with Crippen LogP contribution in [-0.2, 0) is 6.54 Å². The van der Waals surface area contributed by atoms with Crippen molar-refractivity contribution in [2.45, 2.75) is 44.7 Å². The van der Waals surface area contributed by atoms with E-state index in [9.17, 15) is 5.11 Å². The van der Waals surface area contributed by atoms with Crippen molar-refractivity contribution in [1.82, 2.24) is 15.5 Å². The first-order valence-corrected chi connectivity index (χ1v) is 8.31. The lowest BCUT2D eigenvalue weighted by Crippen LogP contribution is -2.36. The summed E-state index contributed by atoms with van der Waals surface area (Å²) in [6.45, 7) is 1.07. The molecule has 1 aromatic heterocycles. The Morgan fingerprint density at radius 1 is 1.14 bits per heavy atom. The normalized spacial score (nSPS) is 22.4. The Labute approximate surface area is 132 Å². The molecule has 2 unspecified atom stereocenters. The molecule has 1 aliphatic carbocycles. The van der Waals surface area contributed by atoms with Crippen molar-refractivity contribution in [2.24, 2.45) is 5.92 Å². The monoisotopic (exact) mass is 299 g/mol. The molecular weight excluding hydrogens is 274 g/mol. The average molecular weight is 299 g/mol. The molecule has 2 atom stereocenters. The molecule has 2 aromatic rings. The number of rotatable bonds is 5. The Kier molecular flexibility index (Phi) is 5.24. The van der Waals surface area contributed by atoms with Crippen LogP contribution in [0.1, 0.15) is 37.8 Å². The summed E-state index contributed by atoms with van der Waals surface area (Å²) < 4.78 is 0. The molecule has 0 saturated heterocycles. The van der Waals surface area contributed by atoms with Crippen LogP contribution < -0.4 is 5.32 Å². The van der Waals surface area contributed by atoms with Gasteiger partial charge in [0.1, 0.15) is 0 Å². The Balaban J connectivity index is 1.60. The molecule has 3 rings (SSSR count). The minimum atomic E-state index is 0.288. The van der Waals surface area contributed by atoms with Crippen molar-refractivity contribution >= 4 is 0 Å². The van der Waals surface area contributed by atoms with Crippen LogP contribution >= 0.6 is 0 Å². The van der Waals surface area contributed by atoms with Crippen LogP contribution in [0.25, 0.3) is 11.3 Å². The van der Waals surface area contributed by atoms with Crippen LogP contribution in [0, 0.1) is 5.92 Å². The van der Waals surface area contributed by atoms with Gasteiger partial charge in [0.2, 0.25) is 0 Å². The van der Waals surface area contributed by atoms with Gasteiger partial charge in [0.15, 0.2) is 0 Å². The van der Waals surface area contributed by atoms with Crippen molar-refractivity contribution in [1.29, 1.82) is 0 Å². The van der Waals surface area contributed by atoms with Gasteiger partial charge in [-0.2, -0.15) is 5.10 Å². The van der Waals surface area contributed by atoms with E-state index in [1.54, 1.807) is 0 Å². The molecule has 0 spiro atoms. The first kappa shape index (κ1) is 15.3. The molecule has 1 fully saturated rings. The second-order valence-electron chi connectivity index (χ2n) is 6.21. The zero-order valence-electron chi connectivity index (χ0n) is 13.0. The highest BCUT2D eigenvalue weighted by molar-refractivity contribution is 5.58. The molecule has 4 nitrogen and oxygen atoms in total. The molecule has 22 heavy (non-hydrogen) atoms. The molecule has 118 valence electrons. The summed E-state index contributed by atoms with van der Waals surface area (Å²) in [5.41, 5.74) is 3.21. The van der Waals surface area contributed by atoms with Crippen LogP contribution in [0.3, 0.4) is 0 Å². The zero-order chi connectivity index (χ0) is 15.2. The maximum absolute atomic E-state index is 9.58. The third-order valence-corrected chi connectivity index (χ3v) is 4.65. The predicted molar refractivity (Wildman–Crippen MR) is 88.3 cm³/mol. The van der Waals surface area contributed by atoms with E-state index in [0.717, 1.165) is 36.3 Å². The fourth-order valence-electron chi connectivity index (χ4n) is 3.32. The van der Waals surface area contributed by atoms with Crippen LogP contribution in [0.4, 0.5) is 0 Å². The van der Waals surface area contributed by atoms with Crippen molar-refractivity contribution in [3.05, 3.63) is 42.1 Å². The quantitative estimate of drug-likeness (QED) is 0.743. The van der Waals surface area contributed by atoms with Gasteiger partial charge in [-0.05, 0) is 24.8 Å². The lowest BCUT2D eigenvalue weighted by molar-refractivity contribution is 0.181. The first-order valence-electron chi connectivity index (χ1n) is 8.31. The standard InChI is InChI=1S/C18H25N3O/c22-13-15-9-5-2-6-10-17(15)19-12-16-11-18(21-20-16)14-7-3-1-4-8-14/h1,3-4,7-8,11,15,17,19,22H,2,5-6,9-10,12-13H2,(H,20,21). The van der Waals surface area contributed by atoms with Gasteiger partial charge in [0.25, 0.3) is 0 Å². The Bertz CT molecular complexity index is 567. The molecule has 1 aliphatic rings. The Morgan fingerprint density at radius 2 is 1.95 bits per heavy atom. The molecule has 3 N–H and O–H groups in total. The summed E-state index contributed by atoms with van der Waals surface area (Å²) in [6.07, 6.45) is 6.08. The van der Waals surface area contributed by atoms with E-state index in [1.165, 1.54) is 19.3 Å². The topological polar surface area (TPSA) is 60.9 Å². The molecule has 4 heteroatoms. The number of aliphatic hydroxyl groups is 1. The minimum absolute atomic E-state index is 0.288. The van der Waals surface area contributed by atoms with Gasteiger partial charge in [0.05, 0.1) is 5.69 Å². The largest absolute Gasteiger partial charge is 0.396 e. The maximum Gasteiger partial charge on any atom is 0.0924 e. The van der Waals surface area contributed by atoms with Gasteiger partial charge in [0, 0.05) is 30.5 Å². The number of hydrogen-bond donors (Lipinski definition) is 3. The van der Waals surface area contributed by atoms with E-state index in [2.05, 4.69) is 33.7 Å². The third-order valence-electron chi connectivity index (χ3n) is 4.65. The van der Waals surface area contributed by atoms with Crippen molar-refractivity contribution in [3.8, 4) is 11.3 Å². The molecule has 1 aromatic carbocycles. The Hall–Kier alpha value is -1.65. The van der Waals surface area contributed by atoms with Gasteiger partial charge >= 0.3 is 0 Å². The number of nitrogens with one attached hydrogen (secondary N) is 2. The lowest BCUT2D eigenvalue weighted by Gasteiger charge is -2.24. The summed E-state index contributed by atoms with van der Waals surface area (Å²) in [5.74, 6) is 0.388. The number of H-pyrrole nitrogens is 1. The Morgan fingerprint density at radius 3 is 2.77 bits per heavy atom. The van der Waals surface area contributed by atoms with Gasteiger partial charge in [-0.1, -0.05) is 49.6 Å². The van der Waals surface area contributed by atoms with Gasteiger partial charge in [-0.15, -0.1) is 0 Å². The summed E-state index contributed by atoms with van der Waals surface area (Å²) in [6, 6.07) is 12.7. The molecule has 0 aliphatic heterocycles. The number of aromatic nitrogens is 2. The van der Waals surface area contributed by atoms with Crippen molar-refractivity contribution < 1.29 is 5.11 Å². The highest BCUT2D eigenvalue weighted by atomic mass is 16.3. The summed E-state index contributed by atoms with van der Waals surface area (Å²) in [4.78, 5) is 0. The number of benzene rings is 1. The van der Waals surface area contributed by atoms with Crippen LogP contribution in [0.2, 0.25) is 0 Å². The number of hydrogen-bond acceptors (Lipinski definition) is 3. The summed E-state index contributed by atoms with van der Waals surface area (Å²) in [5, 5.41) is 20.7. The number of aliphatic hydroxyl groups excluding tert-OH is 1. The molecular formula is C18H25N3O. The molecule has 1 saturated carbocycles.